The highest BCUT2D eigenvalue weighted by Crippen LogP contribution is 2.52. The molecule has 5 heterocycles. The molecule has 4 aromatic rings. The molecule has 0 unspecified atom stereocenters. The second-order valence-electron chi connectivity index (χ2n) is 12.3. The van der Waals surface area contributed by atoms with Gasteiger partial charge >= 0.3 is 6.01 Å². The van der Waals surface area contributed by atoms with E-state index in [-0.39, 0.29) is 79.4 Å². The minimum absolute atomic E-state index is 0.0179. The van der Waals surface area contributed by atoms with Gasteiger partial charge in [-0.1, -0.05) is 17.7 Å². The minimum atomic E-state index is -0.925. The molecule has 4 aliphatic rings. The number of hydrogen-bond donors (Lipinski definition) is 1. The van der Waals surface area contributed by atoms with Gasteiger partial charge in [0.2, 0.25) is 0 Å². The van der Waals surface area contributed by atoms with Gasteiger partial charge in [0.1, 0.15) is 47.6 Å². The van der Waals surface area contributed by atoms with Crippen molar-refractivity contribution in [3.05, 3.63) is 34.4 Å². The van der Waals surface area contributed by atoms with E-state index in [2.05, 4.69) is 14.8 Å². The third kappa shape index (κ3) is 4.05. The number of rotatable bonds is 5. The number of nitrogens with zero attached hydrogens (tertiary/aromatic N) is 5. The van der Waals surface area contributed by atoms with E-state index in [4.69, 9.17) is 31.8 Å². The van der Waals surface area contributed by atoms with Crippen LogP contribution in [0.5, 0.6) is 11.8 Å². The number of anilines is 2. The van der Waals surface area contributed by atoms with Gasteiger partial charge in [0, 0.05) is 30.0 Å². The molecule has 0 amide bonds. The van der Waals surface area contributed by atoms with Gasteiger partial charge in [0.25, 0.3) is 0 Å². The van der Waals surface area contributed by atoms with Crippen molar-refractivity contribution < 1.29 is 22.6 Å². The van der Waals surface area contributed by atoms with E-state index >= 15 is 4.39 Å². The number of fused-ring (bicyclic) bond motifs is 2. The van der Waals surface area contributed by atoms with Crippen molar-refractivity contribution in [2.45, 2.75) is 62.8 Å². The van der Waals surface area contributed by atoms with E-state index in [1.54, 1.807) is 0 Å². The lowest BCUT2D eigenvalue weighted by Gasteiger charge is -2.31. The highest BCUT2D eigenvalue weighted by atomic mass is 35.5. The molecule has 13 heteroatoms. The summed E-state index contributed by atoms with van der Waals surface area (Å²) in [5.74, 6) is -0.670. The molecule has 8 nitrogen and oxygen atoms in total. The average molecular weight is 641 g/mol. The highest BCUT2D eigenvalue weighted by Gasteiger charge is 2.49. The molecule has 1 aliphatic carbocycles. The molecule has 44 heavy (non-hydrogen) atoms. The molecule has 2 aromatic carbocycles. The molecule has 3 atom stereocenters. The van der Waals surface area contributed by atoms with Crippen molar-refractivity contribution in [2.24, 2.45) is 0 Å². The molecule has 0 radical (unpaired) electrons. The summed E-state index contributed by atoms with van der Waals surface area (Å²) in [5.41, 5.74) is 5.74. The van der Waals surface area contributed by atoms with E-state index in [0.29, 0.717) is 24.2 Å². The quantitative estimate of drug-likeness (QED) is 0.260. The topological polar surface area (TPSA) is 101 Å². The number of hydrogen-bond acceptors (Lipinski definition) is 9. The monoisotopic (exact) mass is 640 g/mol. The van der Waals surface area contributed by atoms with Crippen LogP contribution in [0.1, 0.15) is 44.6 Å². The maximum absolute atomic E-state index is 17.0. The van der Waals surface area contributed by atoms with Crippen LogP contribution < -0.4 is 20.1 Å². The molecular weight excluding hydrogens is 613 g/mol. The molecule has 3 fully saturated rings. The third-order valence-electron chi connectivity index (χ3n) is 9.50. The van der Waals surface area contributed by atoms with Crippen LogP contribution in [0, 0.1) is 23.0 Å². The molecule has 228 valence electrons. The lowest BCUT2D eigenvalue weighted by Crippen LogP contribution is -2.43. The second-order valence-corrected chi connectivity index (χ2v) is 13.7. The van der Waals surface area contributed by atoms with Gasteiger partial charge in [-0.3, -0.25) is 4.90 Å². The Hall–Kier alpha value is -3.53. The van der Waals surface area contributed by atoms with Gasteiger partial charge < -0.3 is 20.1 Å². The first-order chi connectivity index (χ1) is 21.2. The van der Waals surface area contributed by atoms with Gasteiger partial charge in [-0.15, -0.1) is 11.3 Å². The predicted octanol–water partition coefficient (Wildman–Crippen LogP) is 6.60. The van der Waals surface area contributed by atoms with Gasteiger partial charge in [0.05, 0.1) is 32.3 Å². The van der Waals surface area contributed by atoms with Crippen molar-refractivity contribution >= 4 is 54.7 Å². The summed E-state index contributed by atoms with van der Waals surface area (Å²) in [6, 6.07) is 4.69. The van der Waals surface area contributed by atoms with Crippen molar-refractivity contribution in [1.82, 2.24) is 14.9 Å². The first-order valence-electron chi connectivity index (χ1n) is 14.8. The molecule has 0 spiro atoms. The smallest absolute Gasteiger partial charge is 0.319 e. The minimum Gasteiger partial charge on any atom is -0.489 e. The lowest BCUT2D eigenvalue weighted by molar-refractivity contribution is 0.107. The highest BCUT2D eigenvalue weighted by molar-refractivity contribution is 7.23. The summed E-state index contributed by atoms with van der Waals surface area (Å²) in [6.45, 7) is 3.63. The number of nitrogens with two attached hydrogens (primary N) is 1. The molecule has 2 N–H and O–H groups in total. The van der Waals surface area contributed by atoms with E-state index in [0.717, 1.165) is 43.6 Å². The normalized spacial score (nSPS) is 24.9. The Morgan fingerprint density at radius 2 is 2.09 bits per heavy atom. The first-order valence-corrected chi connectivity index (χ1v) is 16.0. The Morgan fingerprint density at radius 3 is 2.86 bits per heavy atom. The zero-order chi connectivity index (χ0) is 30.5. The van der Waals surface area contributed by atoms with Crippen molar-refractivity contribution in [3.8, 4) is 29.0 Å². The third-order valence-corrected chi connectivity index (χ3v) is 10.9. The number of halogens is 4. The average Bonchev–Trinajstić information content (AvgIpc) is 3.58. The molecule has 8 rings (SSSR count). The van der Waals surface area contributed by atoms with E-state index in [9.17, 15) is 14.0 Å². The second kappa shape index (κ2) is 9.99. The lowest BCUT2D eigenvalue weighted by atomic mass is 9.95. The first kappa shape index (κ1) is 28.0. The summed E-state index contributed by atoms with van der Waals surface area (Å²) in [7, 11) is 0. The number of nitriles is 1. The summed E-state index contributed by atoms with van der Waals surface area (Å²) in [5, 5.41) is 10.5. The fourth-order valence-electron chi connectivity index (χ4n) is 7.39. The van der Waals surface area contributed by atoms with Crippen LogP contribution in [-0.4, -0.2) is 65.0 Å². The number of thiophene rings is 1. The molecule has 3 aliphatic heterocycles. The van der Waals surface area contributed by atoms with Crippen molar-refractivity contribution in [2.75, 3.05) is 36.9 Å². The number of alkyl halides is 1. The van der Waals surface area contributed by atoms with Gasteiger partial charge in [-0.2, -0.15) is 15.2 Å². The van der Waals surface area contributed by atoms with E-state index in [1.165, 1.54) is 12.1 Å². The van der Waals surface area contributed by atoms with Gasteiger partial charge in [-0.25, -0.2) is 13.2 Å². The fraction of sp³-hybridized carbons (Fsp3) is 0.452. The fourth-order valence-corrected chi connectivity index (χ4v) is 8.68. The Bertz CT molecular complexity index is 1910. The number of ether oxygens (including phenoxy) is 2. The summed E-state index contributed by atoms with van der Waals surface area (Å²) in [6.07, 6.45) is 3.11. The number of aromatic nitrogens is 2. The van der Waals surface area contributed by atoms with Crippen molar-refractivity contribution in [1.29, 1.82) is 5.26 Å². The zero-order valence-electron chi connectivity index (χ0n) is 23.8. The Balaban J connectivity index is 1.35. The van der Waals surface area contributed by atoms with Crippen LogP contribution in [0.15, 0.2) is 12.1 Å². The van der Waals surface area contributed by atoms with Crippen LogP contribution in [0.25, 0.3) is 32.1 Å². The summed E-state index contributed by atoms with van der Waals surface area (Å²) >= 11 is 7.90. The molecule has 2 saturated heterocycles. The number of benzene rings is 2. The molecule has 0 bridgehead atoms. The van der Waals surface area contributed by atoms with Crippen LogP contribution in [0.4, 0.5) is 24.0 Å². The summed E-state index contributed by atoms with van der Waals surface area (Å²) in [4.78, 5) is 13.7. The number of nitrogen functional groups attached to an aromatic ring is 1. The maximum atomic E-state index is 17.0. The van der Waals surface area contributed by atoms with Gasteiger partial charge in [-0.05, 0) is 50.8 Å². The predicted molar refractivity (Wildman–Crippen MR) is 163 cm³/mol. The molecular formula is C31H28ClF3N6O2S. The van der Waals surface area contributed by atoms with Crippen LogP contribution in [0.2, 0.25) is 5.02 Å². The Morgan fingerprint density at radius 1 is 1.27 bits per heavy atom. The largest absolute Gasteiger partial charge is 0.489 e. The van der Waals surface area contributed by atoms with E-state index < -0.39 is 23.3 Å². The van der Waals surface area contributed by atoms with Crippen LogP contribution in [-0.2, 0) is 0 Å². The maximum Gasteiger partial charge on any atom is 0.319 e. The Kier molecular flexibility index (Phi) is 6.35. The van der Waals surface area contributed by atoms with Crippen molar-refractivity contribution in [3.63, 3.8) is 0 Å². The van der Waals surface area contributed by atoms with Gasteiger partial charge in [0.15, 0.2) is 11.6 Å². The molecule has 1 saturated carbocycles. The SMILES string of the molecule is C[C@H]1COc2c(Cl)c(-c3ccc(F)c4sc(N)c(C#N)c34)c(F)c3nc(OC[C@@]45CCCN4C[C@H](F)C5)nc(c23)N1C1CC1. The zero-order valence-corrected chi connectivity index (χ0v) is 25.4. The van der Waals surface area contributed by atoms with Crippen LogP contribution >= 0.6 is 22.9 Å². The standard InChI is InChI=1S/C31H28ClF3N6O2S/c1-14-12-42-26-22-25(24(35)21(23(26)32)17-5-6-19(34)27-20(17)18(10-36)28(37)44-27)38-30(39-29(22)41(14)16-3-4-16)43-13-31-7-2-8-40(31)11-15(33)9-31/h5-6,14-16H,2-4,7-9,11-13,37H2,1H3/t14-,15+,31-/m0/s1. The molecule has 2 aromatic heterocycles. The van der Waals surface area contributed by atoms with Crippen LogP contribution in [0.3, 0.4) is 0 Å². The van der Waals surface area contributed by atoms with E-state index in [1.807, 2.05) is 13.0 Å². The summed E-state index contributed by atoms with van der Waals surface area (Å²) < 4.78 is 59.0. The Labute approximate surface area is 260 Å².